The number of rotatable bonds is 8. The molecule has 7 nitrogen and oxygen atoms in total. The van der Waals surface area contributed by atoms with E-state index in [1.54, 1.807) is 24.1 Å². The summed E-state index contributed by atoms with van der Waals surface area (Å²) in [7, 11) is 0. The number of furan rings is 1. The van der Waals surface area contributed by atoms with Gasteiger partial charge in [-0.3, -0.25) is 4.79 Å². The maximum absolute atomic E-state index is 12.0. The van der Waals surface area contributed by atoms with Gasteiger partial charge in [-0.2, -0.15) is 0 Å². The first-order valence-electron chi connectivity index (χ1n) is 8.38. The van der Waals surface area contributed by atoms with Crippen LogP contribution in [0.4, 0.5) is 0 Å². The standard InChI is InChI=1S/C18H21N5O2S2/c1-12-3-5-14(6-4-12)26-10-8-20-16(24)11-27-18-22-21-17(23(18)19)15-7-9-25-13(15)2/h3-7,9H,8,10-11,19H2,1-2H3,(H,20,24). The molecular formula is C18H21N5O2S2. The number of nitrogens with zero attached hydrogens (tertiary/aromatic N) is 3. The van der Waals surface area contributed by atoms with Gasteiger partial charge in [0.25, 0.3) is 0 Å². The number of amides is 1. The van der Waals surface area contributed by atoms with Crippen LogP contribution in [0.2, 0.25) is 0 Å². The molecule has 142 valence electrons. The first-order chi connectivity index (χ1) is 13.0. The van der Waals surface area contributed by atoms with E-state index in [2.05, 4.69) is 46.7 Å². The normalized spacial score (nSPS) is 10.9. The van der Waals surface area contributed by atoms with Gasteiger partial charge >= 0.3 is 0 Å². The molecule has 3 rings (SSSR count). The van der Waals surface area contributed by atoms with E-state index >= 15 is 0 Å². The maximum atomic E-state index is 12.0. The third-order valence-electron chi connectivity index (χ3n) is 3.81. The fourth-order valence-electron chi connectivity index (χ4n) is 2.35. The van der Waals surface area contributed by atoms with Crippen LogP contribution < -0.4 is 11.2 Å². The molecule has 3 N–H and O–H groups in total. The van der Waals surface area contributed by atoms with Gasteiger partial charge in [0.05, 0.1) is 17.6 Å². The lowest BCUT2D eigenvalue weighted by Crippen LogP contribution is -2.27. The molecule has 0 spiro atoms. The highest BCUT2D eigenvalue weighted by Crippen LogP contribution is 2.24. The van der Waals surface area contributed by atoms with Crippen LogP contribution >= 0.6 is 23.5 Å². The third kappa shape index (κ3) is 5.08. The van der Waals surface area contributed by atoms with Gasteiger partial charge in [0, 0.05) is 17.2 Å². The van der Waals surface area contributed by atoms with Crippen molar-refractivity contribution < 1.29 is 9.21 Å². The summed E-state index contributed by atoms with van der Waals surface area (Å²) in [5.41, 5.74) is 2.03. The lowest BCUT2D eigenvalue weighted by atomic mass is 10.2. The number of nitrogens with one attached hydrogen (secondary N) is 1. The number of hydrogen-bond donors (Lipinski definition) is 2. The summed E-state index contributed by atoms with van der Waals surface area (Å²) in [5, 5.41) is 11.5. The van der Waals surface area contributed by atoms with Crippen LogP contribution in [0, 0.1) is 13.8 Å². The average Bonchev–Trinajstić information content (AvgIpc) is 3.23. The molecule has 2 aromatic heterocycles. The first kappa shape index (κ1) is 19.4. The molecule has 2 heterocycles. The largest absolute Gasteiger partial charge is 0.469 e. The Morgan fingerprint density at radius 2 is 1.96 bits per heavy atom. The van der Waals surface area contributed by atoms with Crippen molar-refractivity contribution >= 4 is 29.4 Å². The monoisotopic (exact) mass is 403 g/mol. The molecule has 0 atom stereocenters. The smallest absolute Gasteiger partial charge is 0.230 e. The van der Waals surface area contributed by atoms with E-state index in [0.717, 1.165) is 17.1 Å². The number of nitrogen functional groups attached to an aromatic ring is 1. The molecular weight excluding hydrogens is 382 g/mol. The second-order valence-electron chi connectivity index (χ2n) is 5.87. The predicted molar refractivity (Wildman–Crippen MR) is 108 cm³/mol. The van der Waals surface area contributed by atoms with Crippen molar-refractivity contribution in [2.45, 2.75) is 23.9 Å². The molecule has 27 heavy (non-hydrogen) atoms. The van der Waals surface area contributed by atoms with E-state index in [9.17, 15) is 4.79 Å². The summed E-state index contributed by atoms with van der Waals surface area (Å²) in [4.78, 5) is 13.2. The van der Waals surface area contributed by atoms with E-state index in [-0.39, 0.29) is 11.7 Å². The number of nitrogens with two attached hydrogens (primary N) is 1. The number of hydrogen-bond acceptors (Lipinski definition) is 7. The number of carbonyl (C=O) groups excluding carboxylic acids is 1. The molecule has 0 aliphatic carbocycles. The van der Waals surface area contributed by atoms with E-state index in [0.29, 0.717) is 17.5 Å². The van der Waals surface area contributed by atoms with Crippen molar-refractivity contribution in [3.05, 3.63) is 47.9 Å². The second-order valence-corrected chi connectivity index (χ2v) is 7.98. The average molecular weight is 404 g/mol. The summed E-state index contributed by atoms with van der Waals surface area (Å²) >= 11 is 2.96. The van der Waals surface area contributed by atoms with Crippen molar-refractivity contribution in [2.24, 2.45) is 0 Å². The van der Waals surface area contributed by atoms with Crippen LogP contribution in [0.1, 0.15) is 11.3 Å². The number of carbonyl (C=O) groups is 1. The minimum atomic E-state index is -0.0615. The molecule has 3 aromatic rings. The Morgan fingerprint density at radius 1 is 1.19 bits per heavy atom. The van der Waals surface area contributed by atoms with Crippen molar-refractivity contribution in [1.29, 1.82) is 0 Å². The van der Waals surface area contributed by atoms with Crippen molar-refractivity contribution in [1.82, 2.24) is 20.2 Å². The summed E-state index contributed by atoms with van der Waals surface area (Å²) in [5.74, 6) is 8.26. The highest BCUT2D eigenvalue weighted by molar-refractivity contribution is 7.99. The van der Waals surface area contributed by atoms with Gasteiger partial charge in [-0.05, 0) is 32.0 Å². The van der Waals surface area contributed by atoms with Gasteiger partial charge in [-0.25, -0.2) is 4.68 Å². The van der Waals surface area contributed by atoms with Gasteiger partial charge in [-0.1, -0.05) is 29.5 Å². The number of aromatic nitrogens is 3. The minimum Gasteiger partial charge on any atom is -0.469 e. The molecule has 0 aliphatic heterocycles. The van der Waals surface area contributed by atoms with Crippen LogP contribution in [0.15, 0.2) is 51.1 Å². The molecule has 0 fully saturated rings. The molecule has 0 bridgehead atoms. The van der Waals surface area contributed by atoms with Crippen LogP contribution in [0.3, 0.4) is 0 Å². The zero-order valence-electron chi connectivity index (χ0n) is 15.1. The highest BCUT2D eigenvalue weighted by atomic mass is 32.2. The molecule has 0 saturated heterocycles. The Morgan fingerprint density at radius 3 is 2.67 bits per heavy atom. The molecule has 0 aliphatic rings. The van der Waals surface area contributed by atoms with Crippen molar-refractivity contribution in [3.63, 3.8) is 0 Å². The number of thioether (sulfide) groups is 2. The van der Waals surface area contributed by atoms with Crippen LogP contribution in [-0.2, 0) is 4.79 Å². The quantitative estimate of drug-likeness (QED) is 0.339. The van der Waals surface area contributed by atoms with Crippen molar-refractivity contribution in [2.75, 3.05) is 23.9 Å². The topological polar surface area (TPSA) is 99.0 Å². The fourth-order valence-corrected chi connectivity index (χ4v) is 3.81. The Bertz CT molecular complexity index is 905. The molecule has 1 amide bonds. The van der Waals surface area contributed by atoms with Gasteiger partial charge < -0.3 is 15.6 Å². The van der Waals surface area contributed by atoms with Crippen LogP contribution in [0.5, 0.6) is 0 Å². The Labute approximate surface area is 166 Å². The zero-order valence-corrected chi connectivity index (χ0v) is 16.8. The van der Waals surface area contributed by atoms with Gasteiger partial charge in [0.15, 0.2) is 5.82 Å². The maximum Gasteiger partial charge on any atom is 0.230 e. The minimum absolute atomic E-state index is 0.0615. The number of benzene rings is 1. The summed E-state index contributed by atoms with van der Waals surface area (Å²) < 4.78 is 6.64. The van der Waals surface area contributed by atoms with E-state index in [1.807, 2.05) is 6.92 Å². The summed E-state index contributed by atoms with van der Waals surface area (Å²) in [6, 6.07) is 10.1. The fraction of sp³-hybridized carbons (Fsp3) is 0.278. The highest BCUT2D eigenvalue weighted by Gasteiger charge is 2.16. The van der Waals surface area contributed by atoms with Crippen LogP contribution in [0.25, 0.3) is 11.4 Å². The second kappa shape index (κ2) is 9.01. The SMILES string of the molecule is Cc1ccc(SCCNC(=O)CSc2nnc(-c3ccoc3C)n2N)cc1. The molecule has 0 saturated carbocycles. The Hall–Kier alpha value is -2.39. The zero-order chi connectivity index (χ0) is 19.2. The molecule has 0 unspecified atom stereocenters. The van der Waals surface area contributed by atoms with Crippen LogP contribution in [-0.4, -0.2) is 38.8 Å². The summed E-state index contributed by atoms with van der Waals surface area (Å²) in [6.45, 7) is 4.50. The number of aryl methyl sites for hydroxylation is 2. The van der Waals surface area contributed by atoms with Gasteiger partial charge in [0.2, 0.25) is 11.1 Å². The molecule has 0 radical (unpaired) electrons. The first-order valence-corrected chi connectivity index (χ1v) is 10.4. The van der Waals surface area contributed by atoms with E-state index in [4.69, 9.17) is 10.3 Å². The van der Waals surface area contributed by atoms with Gasteiger partial charge in [0.1, 0.15) is 5.76 Å². The van der Waals surface area contributed by atoms with Gasteiger partial charge in [-0.15, -0.1) is 22.0 Å². The van der Waals surface area contributed by atoms with E-state index < -0.39 is 0 Å². The van der Waals surface area contributed by atoms with E-state index in [1.165, 1.54) is 26.9 Å². The predicted octanol–water partition coefficient (Wildman–Crippen LogP) is 2.87. The summed E-state index contributed by atoms with van der Waals surface area (Å²) in [6.07, 6.45) is 1.58. The Kier molecular flexibility index (Phi) is 6.46. The Balaban J connectivity index is 1.42. The lowest BCUT2D eigenvalue weighted by molar-refractivity contribution is -0.118. The molecule has 1 aromatic carbocycles. The molecule has 9 heteroatoms. The lowest BCUT2D eigenvalue weighted by Gasteiger charge is -2.06. The van der Waals surface area contributed by atoms with Crippen molar-refractivity contribution in [3.8, 4) is 11.4 Å². The third-order valence-corrected chi connectivity index (χ3v) is 5.77.